The highest BCUT2D eigenvalue weighted by Gasteiger charge is 2.51. The van der Waals surface area contributed by atoms with Gasteiger partial charge in [-0.3, -0.25) is 19.2 Å². The van der Waals surface area contributed by atoms with E-state index in [4.69, 9.17) is 18.9 Å². The van der Waals surface area contributed by atoms with E-state index in [0.717, 1.165) is 25.7 Å². The Morgan fingerprint density at radius 2 is 0.556 bits per heavy atom. The lowest BCUT2D eigenvalue weighted by molar-refractivity contribution is -0.176. The first-order valence-electron chi connectivity index (χ1n) is 21.2. The predicted octanol–water partition coefficient (Wildman–Crippen LogP) is 11.3. The van der Waals surface area contributed by atoms with Crippen LogP contribution in [-0.2, 0) is 38.1 Å². The second-order valence-electron chi connectivity index (χ2n) is 22.2. The van der Waals surface area contributed by atoms with Crippen LogP contribution in [0.4, 0.5) is 0 Å². The van der Waals surface area contributed by atoms with Crippen LogP contribution in [0.15, 0.2) is 0 Å². The molecule has 8 heteroatoms. The summed E-state index contributed by atoms with van der Waals surface area (Å²) in [5.41, 5.74) is 0.605. The molecule has 1 aliphatic rings. The molecule has 0 aromatic heterocycles. The normalized spacial score (nSPS) is 22.1. The van der Waals surface area contributed by atoms with E-state index in [-0.39, 0.29) is 60.9 Å². The van der Waals surface area contributed by atoms with E-state index in [1.807, 2.05) is 0 Å². The Labute approximate surface area is 331 Å². The lowest BCUT2D eigenvalue weighted by atomic mass is 9.68. The molecule has 0 bridgehead atoms. The number of carbonyl (C=O) groups excluding carboxylic acids is 4. The van der Waals surface area contributed by atoms with E-state index in [2.05, 4.69) is 111 Å². The second kappa shape index (κ2) is 22.0. The molecule has 0 heterocycles. The summed E-state index contributed by atoms with van der Waals surface area (Å²) in [5.74, 6) is -4.48. The minimum atomic E-state index is -0.935. The van der Waals surface area contributed by atoms with Crippen molar-refractivity contribution in [3.63, 3.8) is 0 Å². The largest absolute Gasteiger partial charge is 0.465 e. The highest BCUT2D eigenvalue weighted by atomic mass is 16.5. The molecule has 0 saturated heterocycles. The molecule has 0 N–H and O–H groups in total. The Morgan fingerprint density at radius 1 is 0.389 bits per heavy atom. The van der Waals surface area contributed by atoms with Gasteiger partial charge < -0.3 is 18.9 Å². The van der Waals surface area contributed by atoms with Crippen LogP contribution in [0, 0.1) is 69.0 Å². The van der Waals surface area contributed by atoms with Gasteiger partial charge in [-0.25, -0.2) is 0 Å². The molecule has 0 aromatic carbocycles. The van der Waals surface area contributed by atoms with Crippen molar-refractivity contribution in [2.24, 2.45) is 69.0 Å². The van der Waals surface area contributed by atoms with E-state index in [1.165, 1.54) is 0 Å². The smallest absolute Gasteiger partial charge is 0.309 e. The van der Waals surface area contributed by atoms with Gasteiger partial charge in [0.1, 0.15) is 0 Å². The molecule has 1 rings (SSSR count). The third-order valence-corrected chi connectivity index (χ3v) is 10.5. The molecule has 8 nitrogen and oxygen atoms in total. The SMILES string of the molecule is CC(CCOC(=O)C1CC(C(=O)OCCC(C)CC(C)(C)C)C(C(=O)OCCC(C)CC(C)(C)C)CC1C(=O)OCCC(C)CC(C)(C)C)CC(C)(C)C. The number of ether oxygens (including phenoxy) is 4. The fourth-order valence-electron chi connectivity index (χ4n) is 8.71. The summed E-state index contributed by atoms with van der Waals surface area (Å²) < 4.78 is 23.4. The van der Waals surface area contributed by atoms with Crippen LogP contribution in [0.2, 0.25) is 0 Å². The van der Waals surface area contributed by atoms with E-state index >= 15 is 0 Å². The molecule has 8 atom stereocenters. The first-order valence-corrected chi connectivity index (χ1v) is 21.2. The quantitative estimate of drug-likeness (QED) is 0.0891. The monoisotopic (exact) mass is 765 g/mol. The molecule has 0 amide bonds. The Kier molecular flexibility index (Phi) is 20.3. The summed E-state index contributed by atoms with van der Waals surface area (Å²) >= 11 is 0. The second-order valence-corrected chi connectivity index (χ2v) is 22.2. The van der Waals surface area contributed by atoms with Crippen LogP contribution in [0.5, 0.6) is 0 Å². The Bertz CT molecular complexity index is 969. The molecule has 1 fully saturated rings. The van der Waals surface area contributed by atoms with Gasteiger partial charge in [-0.05, 0) is 110 Å². The molecule has 54 heavy (non-hydrogen) atoms. The third kappa shape index (κ3) is 21.8. The highest BCUT2D eigenvalue weighted by molar-refractivity contribution is 5.87. The van der Waals surface area contributed by atoms with Crippen LogP contribution in [0.25, 0.3) is 0 Å². The zero-order chi connectivity index (χ0) is 41.7. The summed E-state index contributed by atoms with van der Waals surface area (Å²) in [5, 5.41) is 0. The van der Waals surface area contributed by atoms with Gasteiger partial charge in [-0.1, -0.05) is 111 Å². The van der Waals surface area contributed by atoms with Gasteiger partial charge in [-0.2, -0.15) is 0 Å². The van der Waals surface area contributed by atoms with Crippen molar-refractivity contribution in [2.45, 2.75) is 175 Å². The molecule has 8 unspecified atom stereocenters. The predicted molar refractivity (Wildman–Crippen MR) is 218 cm³/mol. The van der Waals surface area contributed by atoms with Crippen LogP contribution in [-0.4, -0.2) is 50.3 Å². The molecule has 0 aliphatic heterocycles. The molecule has 1 saturated carbocycles. The van der Waals surface area contributed by atoms with Crippen LogP contribution >= 0.6 is 0 Å². The maximum absolute atomic E-state index is 13.9. The number of rotatable bonds is 20. The van der Waals surface area contributed by atoms with E-state index in [0.29, 0.717) is 49.4 Å². The summed E-state index contributed by atoms with van der Waals surface area (Å²) in [6, 6.07) is 0. The van der Waals surface area contributed by atoms with Gasteiger partial charge in [0.2, 0.25) is 0 Å². The maximum atomic E-state index is 13.9. The minimum absolute atomic E-state index is 0.0346. The molecular formula is C46H84O8. The lowest BCUT2D eigenvalue weighted by Crippen LogP contribution is -2.47. The third-order valence-electron chi connectivity index (χ3n) is 10.5. The molecule has 1 aliphatic carbocycles. The average Bonchev–Trinajstić information content (AvgIpc) is 2.96. The van der Waals surface area contributed by atoms with Gasteiger partial charge >= 0.3 is 23.9 Å². The van der Waals surface area contributed by atoms with Crippen LogP contribution in [0.1, 0.15) is 175 Å². The first-order chi connectivity index (χ1) is 24.6. The highest BCUT2D eigenvalue weighted by Crippen LogP contribution is 2.42. The number of hydrogen-bond acceptors (Lipinski definition) is 8. The van der Waals surface area contributed by atoms with Gasteiger partial charge in [0.25, 0.3) is 0 Å². The molecule has 0 aromatic rings. The Balaban J connectivity index is 3.30. The van der Waals surface area contributed by atoms with E-state index < -0.39 is 47.5 Å². The van der Waals surface area contributed by atoms with E-state index in [1.54, 1.807) is 0 Å². The first kappa shape index (κ1) is 49.9. The topological polar surface area (TPSA) is 105 Å². The fourth-order valence-corrected chi connectivity index (χ4v) is 8.71. The summed E-state index contributed by atoms with van der Waals surface area (Å²) in [4.78, 5) is 55.4. The Hall–Kier alpha value is -2.12. The summed E-state index contributed by atoms with van der Waals surface area (Å²) in [6.07, 6.45) is 6.63. The van der Waals surface area contributed by atoms with Gasteiger partial charge in [-0.15, -0.1) is 0 Å². The minimum Gasteiger partial charge on any atom is -0.465 e. The maximum Gasteiger partial charge on any atom is 0.309 e. The average molecular weight is 765 g/mol. The van der Waals surface area contributed by atoms with Gasteiger partial charge in [0, 0.05) is 0 Å². The van der Waals surface area contributed by atoms with Gasteiger partial charge in [0.15, 0.2) is 0 Å². The van der Waals surface area contributed by atoms with Crippen molar-refractivity contribution in [1.29, 1.82) is 0 Å². The van der Waals surface area contributed by atoms with Crippen molar-refractivity contribution >= 4 is 23.9 Å². The van der Waals surface area contributed by atoms with Crippen molar-refractivity contribution in [3.8, 4) is 0 Å². The fraction of sp³-hybridized carbons (Fsp3) is 0.913. The zero-order valence-corrected chi connectivity index (χ0v) is 37.8. The van der Waals surface area contributed by atoms with Crippen molar-refractivity contribution in [3.05, 3.63) is 0 Å². The number of hydrogen-bond donors (Lipinski definition) is 0. The van der Waals surface area contributed by atoms with E-state index in [9.17, 15) is 19.2 Å². The molecular weight excluding hydrogens is 680 g/mol. The molecule has 316 valence electrons. The van der Waals surface area contributed by atoms with Gasteiger partial charge in [0.05, 0.1) is 50.1 Å². The van der Waals surface area contributed by atoms with Crippen LogP contribution < -0.4 is 0 Å². The number of carbonyl (C=O) groups is 4. The summed E-state index contributed by atoms with van der Waals surface area (Å²) in [7, 11) is 0. The lowest BCUT2D eigenvalue weighted by Gasteiger charge is -2.37. The number of esters is 4. The molecule has 0 spiro atoms. The van der Waals surface area contributed by atoms with Crippen LogP contribution in [0.3, 0.4) is 0 Å². The van der Waals surface area contributed by atoms with Crippen molar-refractivity contribution < 1.29 is 38.1 Å². The summed E-state index contributed by atoms with van der Waals surface area (Å²) in [6.45, 7) is 35.8. The Morgan fingerprint density at radius 3 is 0.704 bits per heavy atom. The zero-order valence-electron chi connectivity index (χ0n) is 37.8. The van der Waals surface area contributed by atoms with Crippen molar-refractivity contribution in [1.82, 2.24) is 0 Å². The molecule has 0 radical (unpaired) electrons. The standard InChI is InChI=1S/C46H84O8/c1-31(27-43(5,6)7)17-21-51-39(47)35-25-37(41(49)53-23-19-33(3)29-45(11,12)13)38(42(50)54-24-20-34(4)30-46(14,15)16)26-36(35)40(48)52-22-18-32(2)28-44(8,9)10/h31-38H,17-30H2,1-16H3. The van der Waals surface area contributed by atoms with Crippen molar-refractivity contribution in [2.75, 3.05) is 26.4 Å².